The van der Waals surface area contributed by atoms with E-state index in [1.807, 2.05) is 42.5 Å². The maximum absolute atomic E-state index is 12.1. The number of oxazole rings is 1. The van der Waals surface area contributed by atoms with Crippen molar-refractivity contribution in [3.63, 3.8) is 0 Å². The standard InChI is InChI=1S/C22H18N2O3/c1-2-15-8-10-20-19(13-15)24-22(27-20)16-5-3-6-17(14-16)23-21(25)11-9-18-7-4-12-26-18/h3-14H,2H2,1H3,(H,23,25)/b11-9-. The van der Waals surface area contributed by atoms with Crippen molar-refractivity contribution in [1.82, 2.24) is 4.98 Å². The fourth-order valence-corrected chi connectivity index (χ4v) is 2.77. The molecule has 0 radical (unpaired) electrons. The molecule has 5 heteroatoms. The minimum atomic E-state index is -0.242. The number of fused-ring (bicyclic) bond motifs is 1. The smallest absolute Gasteiger partial charge is 0.248 e. The molecule has 2 aromatic carbocycles. The van der Waals surface area contributed by atoms with E-state index < -0.39 is 0 Å². The zero-order valence-corrected chi connectivity index (χ0v) is 14.8. The lowest BCUT2D eigenvalue weighted by Gasteiger charge is -2.03. The summed E-state index contributed by atoms with van der Waals surface area (Å²) < 4.78 is 11.0. The quantitative estimate of drug-likeness (QED) is 0.491. The topological polar surface area (TPSA) is 68.3 Å². The van der Waals surface area contributed by atoms with Crippen LogP contribution in [0.2, 0.25) is 0 Å². The van der Waals surface area contributed by atoms with Crippen molar-refractivity contribution in [3.8, 4) is 11.5 Å². The van der Waals surface area contributed by atoms with Gasteiger partial charge < -0.3 is 14.2 Å². The predicted octanol–water partition coefficient (Wildman–Crippen LogP) is 5.30. The second kappa shape index (κ2) is 7.33. The number of aryl methyl sites for hydroxylation is 1. The van der Waals surface area contributed by atoms with E-state index in [9.17, 15) is 4.79 Å². The van der Waals surface area contributed by atoms with E-state index in [2.05, 4.69) is 17.2 Å². The molecule has 0 aliphatic heterocycles. The van der Waals surface area contributed by atoms with Gasteiger partial charge in [-0.2, -0.15) is 0 Å². The molecule has 0 fully saturated rings. The maximum Gasteiger partial charge on any atom is 0.248 e. The molecule has 1 amide bonds. The van der Waals surface area contributed by atoms with Gasteiger partial charge in [-0.15, -0.1) is 0 Å². The molecule has 1 N–H and O–H groups in total. The monoisotopic (exact) mass is 358 g/mol. The number of hydrogen-bond donors (Lipinski definition) is 1. The molecule has 0 aliphatic rings. The Balaban J connectivity index is 1.54. The van der Waals surface area contributed by atoms with Crippen molar-refractivity contribution in [2.75, 3.05) is 5.32 Å². The Morgan fingerprint density at radius 2 is 2.07 bits per heavy atom. The maximum atomic E-state index is 12.1. The molecule has 0 saturated carbocycles. The van der Waals surface area contributed by atoms with Crippen LogP contribution in [0, 0.1) is 0 Å². The van der Waals surface area contributed by atoms with E-state index in [4.69, 9.17) is 8.83 Å². The van der Waals surface area contributed by atoms with Crippen molar-refractivity contribution >= 4 is 28.8 Å². The number of rotatable bonds is 5. The van der Waals surface area contributed by atoms with Crippen LogP contribution in [0.4, 0.5) is 5.69 Å². The number of amides is 1. The number of hydrogen-bond acceptors (Lipinski definition) is 4. The van der Waals surface area contributed by atoms with Crippen LogP contribution in [0.3, 0.4) is 0 Å². The van der Waals surface area contributed by atoms with E-state index in [1.165, 1.54) is 11.6 Å². The van der Waals surface area contributed by atoms with Gasteiger partial charge in [-0.1, -0.05) is 19.1 Å². The summed E-state index contributed by atoms with van der Waals surface area (Å²) >= 11 is 0. The number of carbonyl (C=O) groups is 1. The number of aromatic nitrogens is 1. The van der Waals surface area contributed by atoms with Gasteiger partial charge in [0, 0.05) is 17.3 Å². The van der Waals surface area contributed by atoms with Gasteiger partial charge in [0.15, 0.2) is 5.58 Å². The lowest BCUT2D eigenvalue weighted by Crippen LogP contribution is -2.07. The minimum Gasteiger partial charge on any atom is -0.465 e. The summed E-state index contributed by atoms with van der Waals surface area (Å²) in [6.45, 7) is 2.11. The van der Waals surface area contributed by atoms with Crippen molar-refractivity contribution in [2.24, 2.45) is 0 Å². The minimum absolute atomic E-state index is 0.242. The van der Waals surface area contributed by atoms with Gasteiger partial charge in [0.1, 0.15) is 11.3 Å². The van der Waals surface area contributed by atoms with Crippen LogP contribution in [0.25, 0.3) is 28.6 Å². The van der Waals surface area contributed by atoms with Gasteiger partial charge >= 0.3 is 0 Å². The average molecular weight is 358 g/mol. The third-order valence-electron chi connectivity index (χ3n) is 4.18. The molecule has 4 aromatic rings. The van der Waals surface area contributed by atoms with Crippen molar-refractivity contribution in [2.45, 2.75) is 13.3 Å². The first kappa shape index (κ1) is 16.8. The second-order valence-corrected chi connectivity index (χ2v) is 6.09. The molecule has 2 aromatic heterocycles. The molecule has 27 heavy (non-hydrogen) atoms. The largest absolute Gasteiger partial charge is 0.465 e. The van der Waals surface area contributed by atoms with Crippen molar-refractivity contribution in [3.05, 3.63) is 78.3 Å². The number of benzene rings is 2. The first-order valence-corrected chi connectivity index (χ1v) is 8.74. The highest BCUT2D eigenvalue weighted by Gasteiger charge is 2.10. The number of furan rings is 1. The Hall–Kier alpha value is -3.60. The highest BCUT2D eigenvalue weighted by Crippen LogP contribution is 2.27. The molecule has 5 nitrogen and oxygen atoms in total. The van der Waals surface area contributed by atoms with E-state index in [-0.39, 0.29) is 5.91 Å². The number of anilines is 1. The zero-order valence-electron chi connectivity index (χ0n) is 14.8. The molecule has 2 heterocycles. The summed E-state index contributed by atoms with van der Waals surface area (Å²) in [5.74, 6) is 0.908. The molecular weight excluding hydrogens is 340 g/mol. The molecule has 0 bridgehead atoms. The van der Waals surface area contributed by atoms with Crippen LogP contribution in [0.15, 0.2) is 75.8 Å². The van der Waals surface area contributed by atoms with Crippen molar-refractivity contribution in [1.29, 1.82) is 0 Å². The Morgan fingerprint density at radius 3 is 2.89 bits per heavy atom. The van der Waals surface area contributed by atoms with Crippen LogP contribution in [-0.2, 0) is 11.2 Å². The molecule has 4 rings (SSSR count). The Kier molecular flexibility index (Phi) is 4.58. The van der Waals surface area contributed by atoms with Crippen LogP contribution < -0.4 is 5.32 Å². The van der Waals surface area contributed by atoms with Gasteiger partial charge in [-0.25, -0.2) is 4.98 Å². The number of nitrogens with zero attached hydrogens (tertiary/aromatic N) is 1. The van der Waals surface area contributed by atoms with Crippen molar-refractivity contribution < 1.29 is 13.6 Å². The van der Waals surface area contributed by atoms with Gasteiger partial charge in [0.05, 0.1) is 6.26 Å². The Morgan fingerprint density at radius 1 is 1.15 bits per heavy atom. The van der Waals surface area contributed by atoms with E-state index in [0.29, 0.717) is 17.3 Å². The molecule has 0 unspecified atom stereocenters. The highest BCUT2D eigenvalue weighted by atomic mass is 16.3. The fraction of sp³-hybridized carbons (Fsp3) is 0.0909. The van der Waals surface area contributed by atoms with E-state index in [1.54, 1.807) is 24.5 Å². The first-order valence-electron chi connectivity index (χ1n) is 8.74. The normalized spacial score (nSPS) is 11.3. The molecule has 0 saturated heterocycles. The summed E-state index contributed by atoms with van der Waals surface area (Å²) in [5, 5.41) is 2.83. The number of nitrogens with one attached hydrogen (secondary N) is 1. The van der Waals surface area contributed by atoms with Gasteiger partial charge in [0.25, 0.3) is 0 Å². The third kappa shape index (κ3) is 3.82. The molecule has 0 aliphatic carbocycles. The summed E-state index contributed by atoms with van der Waals surface area (Å²) in [6, 6.07) is 17.0. The molecule has 0 atom stereocenters. The Labute approximate surface area is 156 Å². The van der Waals surface area contributed by atoms with E-state index in [0.717, 1.165) is 23.1 Å². The molecular formula is C22H18N2O3. The number of carbonyl (C=O) groups excluding carboxylic acids is 1. The predicted molar refractivity (Wildman–Crippen MR) is 105 cm³/mol. The summed E-state index contributed by atoms with van der Waals surface area (Å²) in [6.07, 6.45) is 5.55. The van der Waals surface area contributed by atoms with Crippen LogP contribution in [-0.4, -0.2) is 10.9 Å². The molecule has 134 valence electrons. The lowest BCUT2D eigenvalue weighted by molar-refractivity contribution is -0.111. The SMILES string of the molecule is CCc1ccc2oc(-c3cccc(NC(=O)/C=C\c4ccco4)c3)nc2c1. The van der Waals surface area contributed by atoms with Crippen LogP contribution in [0.5, 0.6) is 0 Å². The average Bonchev–Trinajstić information content (AvgIpc) is 3.35. The van der Waals surface area contributed by atoms with Crippen LogP contribution >= 0.6 is 0 Å². The lowest BCUT2D eigenvalue weighted by atomic mass is 10.1. The third-order valence-corrected chi connectivity index (χ3v) is 4.18. The summed E-state index contributed by atoms with van der Waals surface area (Å²) in [5.41, 5.74) is 4.26. The van der Waals surface area contributed by atoms with E-state index >= 15 is 0 Å². The fourth-order valence-electron chi connectivity index (χ4n) is 2.77. The van der Waals surface area contributed by atoms with Gasteiger partial charge in [0.2, 0.25) is 11.8 Å². The summed E-state index contributed by atoms with van der Waals surface area (Å²) in [7, 11) is 0. The second-order valence-electron chi connectivity index (χ2n) is 6.09. The zero-order chi connectivity index (χ0) is 18.6. The van der Waals surface area contributed by atoms with Gasteiger partial charge in [-0.3, -0.25) is 4.79 Å². The van der Waals surface area contributed by atoms with Crippen LogP contribution in [0.1, 0.15) is 18.2 Å². The highest BCUT2D eigenvalue weighted by molar-refractivity contribution is 6.02. The van der Waals surface area contributed by atoms with Gasteiger partial charge in [-0.05, 0) is 60.5 Å². The first-order chi connectivity index (χ1) is 13.2. The summed E-state index contributed by atoms with van der Waals surface area (Å²) in [4.78, 5) is 16.7. The molecule has 0 spiro atoms. The Bertz CT molecular complexity index is 1110.